The van der Waals surface area contributed by atoms with Crippen LogP contribution in [0.1, 0.15) is 0 Å². The molecule has 0 aliphatic heterocycles. The SMILES string of the molecule is CNc1cc(B(O)O)cc([N+](=O)[O-])c1. The number of anilines is 1. The Morgan fingerprint density at radius 2 is 2.07 bits per heavy atom. The van der Waals surface area contributed by atoms with Gasteiger partial charge >= 0.3 is 7.12 Å². The van der Waals surface area contributed by atoms with E-state index in [0.717, 1.165) is 6.07 Å². The van der Waals surface area contributed by atoms with Crippen LogP contribution in [-0.4, -0.2) is 29.1 Å². The molecule has 0 radical (unpaired) electrons. The van der Waals surface area contributed by atoms with Gasteiger partial charge in [-0.2, -0.15) is 0 Å². The highest BCUT2D eigenvalue weighted by molar-refractivity contribution is 6.58. The monoisotopic (exact) mass is 196 g/mol. The van der Waals surface area contributed by atoms with Crippen molar-refractivity contribution in [1.82, 2.24) is 0 Å². The zero-order chi connectivity index (χ0) is 10.7. The molecule has 0 fully saturated rings. The molecule has 7 heteroatoms. The number of hydrogen-bond donors (Lipinski definition) is 3. The van der Waals surface area contributed by atoms with Gasteiger partial charge in [0.15, 0.2) is 0 Å². The Kier molecular flexibility index (Phi) is 3.05. The molecule has 3 N–H and O–H groups in total. The minimum Gasteiger partial charge on any atom is -0.423 e. The molecular weight excluding hydrogens is 187 g/mol. The summed E-state index contributed by atoms with van der Waals surface area (Å²) < 4.78 is 0. The Labute approximate surface area is 80.5 Å². The fourth-order valence-corrected chi connectivity index (χ4v) is 1.03. The van der Waals surface area contributed by atoms with Crippen molar-refractivity contribution in [3.8, 4) is 0 Å². The molecule has 0 atom stereocenters. The molecule has 6 nitrogen and oxygen atoms in total. The second-order valence-electron chi connectivity index (χ2n) is 2.69. The van der Waals surface area contributed by atoms with E-state index in [-0.39, 0.29) is 11.2 Å². The van der Waals surface area contributed by atoms with Crippen LogP contribution in [0.5, 0.6) is 0 Å². The van der Waals surface area contributed by atoms with E-state index < -0.39 is 12.0 Å². The third-order valence-electron chi connectivity index (χ3n) is 1.74. The van der Waals surface area contributed by atoms with Gasteiger partial charge in [-0.05, 0) is 11.5 Å². The number of nitrogens with zero attached hydrogens (tertiary/aromatic N) is 1. The lowest BCUT2D eigenvalue weighted by molar-refractivity contribution is -0.384. The third-order valence-corrected chi connectivity index (χ3v) is 1.74. The first-order valence-corrected chi connectivity index (χ1v) is 3.88. The number of hydrogen-bond acceptors (Lipinski definition) is 5. The van der Waals surface area contributed by atoms with Gasteiger partial charge in [-0.25, -0.2) is 0 Å². The van der Waals surface area contributed by atoms with E-state index in [1.54, 1.807) is 7.05 Å². The zero-order valence-electron chi connectivity index (χ0n) is 7.47. The van der Waals surface area contributed by atoms with E-state index in [4.69, 9.17) is 10.0 Å². The van der Waals surface area contributed by atoms with Crippen LogP contribution in [0.2, 0.25) is 0 Å². The summed E-state index contributed by atoms with van der Waals surface area (Å²) in [5, 5.41) is 30.9. The van der Waals surface area contributed by atoms with E-state index in [1.165, 1.54) is 12.1 Å². The Bertz CT molecular complexity index is 356. The quantitative estimate of drug-likeness (QED) is 0.338. The van der Waals surface area contributed by atoms with Crippen molar-refractivity contribution in [2.45, 2.75) is 0 Å². The van der Waals surface area contributed by atoms with Crippen LogP contribution < -0.4 is 10.8 Å². The minimum absolute atomic E-state index is 0.0866. The topological polar surface area (TPSA) is 95.6 Å². The standard InChI is InChI=1S/C7H9BN2O4/c1-9-6-2-5(8(11)12)3-7(4-6)10(13)14/h2-4,9,11-12H,1H3. The Morgan fingerprint density at radius 1 is 1.43 bits per heavy atom. The van der Waals surface area contributed by atoms with Gasteiger partial charge in [0.2, 0.25) is 0 Å². The van der Waals surface area contributed by atoms with Gasteiger partial charge in [-0.1, -0.05) is 0 Å². The predicted octanol–water partition coefficient (Wildman–Crippen LogP) is -0.684. The summed E-state index contributed by atoms with van der Waals surface area (Å²) >= 11 is 0. The third kappa shape index (κ3) is 2.21. The van der Waals surface area contributed by atoms with Crippen molar-refractivity contribution < 1.29 is 15.0 Å². The van der Waals surface area contributed by atoms with Crippen LogP contribution in [0.15, 0.2) is 18.2 Å². The summed E-state index contributed by atoms with van der Waals surface area (Å²) in [4.78, 5) is 9.87. The average Bonchev–Trinajstić information content (AvgIpc) is 2.16. The van der Waals surface area contributed by atoms with Crippen molar-refractivity contribution in [2.24, 2.45) is 0 Å². The highest BCUT2D eigenvalue weighted by atomic mass is 16.6. The summed E-state index contributed by atoms with van der Waals surface area (Å²) in [6.45, 7) is 0. The van der Waals surface area contributed by atoms with Gasteiger partial charge in [0.25, 0.3) is 5.69 Å². The molecule has 1 aromatic carbocycles. The molecule has 0 spiro atoms. The number of non-ortho nitro benzene ring substituents is 1. The van der Waals surface area contributed by atoms with Crippen molar-refractivity contribution in [1.29, 1.82) is 0 Å². The van der Waals surface area contributed by atoms with Crippen molar-refractivity contribution >= 4 is 24.0 Å². The lowest BCUT2D eigenvalue weighted by atomic mass is 9.80. The summed E-state index contributed by atoms with van der Waals surface area (Å²) in [6, 6.07) is 3.86. The van der Waals surface area contributed by atoms with Crippen LogP contribution in [0.25, 0.3) is 0 Å². The molecule has 0 aromatic heterocycles. The second kappa shape index (κ2) is 4.08. The molecule has 0 unspecified atom stereocenters. The molecule has 1 aromatic rings. The summed E-state index contributed by atoms with van der Waals surface area (Å²) in [5.74, 6) is 0. The van der Waals surface area contributed by atoms with Gasteiger partial charge in [-0.3, -0.25) is 10.1 Å². The maximum absolute atomic E-state index is 10.5. The van der Waals surface area contributed by atoms with Gasteiger partial charge in [0.1, 0.15) is 0 Å². The first-order chi connectivity index (χ1) is 6.54. The van der Waals surface area contributed by atoms with E-state index in [0.29, 0.717) is 5.69 Å². The van der Waals surface area contributed by atoms with E-state index in [2.05, 4.69) is 5.32 Å². The first-order valence-electron chi connectivity index (χ1n) is 3.88. The lowest BCUT2D eigenvalue weighted by Crippen LogP contribution is -2.30. The number of nitrogens with one attached hydrogen (secondary N) is 1. The molecule has 0 amide bonds. The number of nitro groups is 1. The number of benzene rings is 1. The van der Waals surface area contributed by atoms with E-state index in [9.17, 15) is 10.1 Å². The highest BCUT2D eigenvalue weighted by Gasteiger charge is 2.16. The van der Waals surface area contributed by atoms with Crippen molar-refractivity contribution in [3.63, 3.8) is 0 Å². The Balaban J connectivity index is 3.20. The van der Waals surface area contributed by atoms with Gasteiger partial charge in [-0.15, -0.1) is 0 Å². The van der Waals surface area contributed by atoms with Crippen molar-refractivity contribution in [2.75, 3.05) is 12.4 Å². The maximum atomic E-state index is 10.5. The fourth-order valence-electron chi connectivity index (χ4n) is 1.03. The second-order valence-corrected chi connectivity index (χ2v) is 2.69. The summed E-state index contributed by atoms with van der Waals surface area (Å²) in [6.07, 6.45) is 0. The molecule has 0 aliphatic rings. The molecule has 0 heterocycles. The van der Waals surface area contributed by atoms with E-state index >= 15 is 0 Å². The number of nitro benzene ring substituents is 1. The number of rotatable bonds is 3. The molecule has 74 valence electrons. The molecule has 0 saturated heterocycles. The van der Waals surface area contributed by atoms with Crippen LogP contribution in [0, 0.1) is 10.1 Å². The molecule has 1 rings (SSSR count). The molecule has 0 aliphatic carbocycles. The molecule has 14 heavy (non-hydrogen) atoms. The smallest absolute Gasteiger partial charge is 0.423 e. The predicted molar refractivity (Wildman–Crippen MR) is 52.5 cm³/mol. The highest BCUT2D eigenvalue weighted by Crippen LogP contribution is 2.15. The molecular formula is C7H9BN2O4. The average molecular weight is 196 g/mol. The summed E-state index contributed by atoms with van der Waals surface area (Å²) in [5.41, 5.74) is 0.366. The van der Waals surface area contributed by atoms with Crippen molar-refractivity contribution in [3.05, 3.63) is 28.3 Å². The first kappa shape index (κ1) is 10.5. The Hall–Kier alpha value is -1.60. The molecule has 0 saturated carbocycles. The lowest BCUT2D eigenvalue weighted by Gasteiger charge is -2.04. The maximum Gasteiger partial charge on any atom is 0.488 e. The summed E-state index contributed by atoms with van der Waals surface area (Å²) in [7, 11) is -0.117. The van der Waals surface area contributed by atoms with Gasteiger partial charge < -0.3 is 15.4 Å². The van der Waals surface area contributed by atoms with Crippen LogP contribution in [0.3, 0.4) is 0 Å². The van der Waals surface area contributed by atoms with Crippen LogP contribution in [0.4, 0.5) is 11.4 Å². The molecule has 0 bridgehead atoms. The largest absolute Gasteiger partial charge is 0.488 e. The Morgan fingerprint density at radius 3 is 2.50 bits per heavy atom. The zero-order valence-corrected chi connectivity index (χ0v) is 7.47. The van der Waals surface area contributed by atoms with Gasteiger partial charge in [0.05, 0.1) is 4.92 Å². The van der Waals surface area contributed by atoms with E-state index in [1.807, 2.05) is 0 Å². The van der Waals surface area contributed by atoms with Crippen LogP contribution in [-0.2, 0) is 0 Å². The normalized spacial score (nSPS) is 9.64. The van der Waals surface area contributed by atoms with Gasteiger partial charge in [0, 0.05) is 24.9 Å². The minimum atomic E-state index is -1.71. The van der Waals surface area contributed by atoms with Crippen LogP contribution >= 0.6 is 0 Å². The fraction of sp³-hybridized carbons (Fsp3) is 0.143.